The van der Waals surface area contributed by atoms with E-state index in [1.165, 1.54) is 23.9 Å². The molecule has 0 saturated carbocycles. The van der Waals surface area contributed by atoms with Gasteiger partial charge in [0.2, 0.25) is 5.91 Å². The average molecular weight is 450 g/mol. The number of hydrogen-bond donors (Lipinski definition) is 0. The van der Waals surface area contributed by atoms with Crippen molar-refractivity contribution in [2.24, 2.45) is 10.4 Å². The summed E-state index contributed by atoms with van der Waals surface area (Å²) in [5.74, 6) is -1.88. The molecule has 0 aliphatic carbocycles. The Morgan fingerprint density at radius 3 is 2.90 bits per heavy atom. The molecule has 3 aliphatic rings. The SMILES string of the molecule is CCOC(=O)[C@]1(Cc2ccc(F)cc2F)CCCN(C(=O)CC2=CSC3=NCCN23)C1. The predicted octanol–water partition coefficient (Wildman–Crippen LogP) is 3.33. The molecule has 0 spiro atoms. The van der Waals surface area contributed by atoms with Crippen LogP contribution in [0.15, 0.2) is 34.3 Å². The lowest BCUT2D eigenvalue weighted by Gasteiger charge is -2.41. The van der Waals surface area contributed by atoms with Crippen molar-refractivity contribution in [1.29, 1.82) is 0 Å². The van der Waals surface area contributed by atoms with Gasteiger partial charge < -0.3 is 14.5 Å². The van der Waals surface area contributed by atoms with Gasteiger partial charge in [-0.15, -0.1) is 0 Å². The van der Waals surface area contributed by atoms with Crippen molar-refractivity contribution in [3.8, 4) is 0 Å². The van der Waals surface area contributed by atoms with Gasteiger partial charge in [0.1, 0.15) is 11.6 Å². The number of piperidine rings is 1. The molecule has 0 bridgehead atoms. The van der Waals surface area contributed by atoms with Gasteiger partial charge in [0.25, 0.3) is 0 Å². The van der Waals surface area contributed by atoms with Crippen LogP contribution in [0, 0.1) is 17.0 Å². The van der Waals surface area contributed by atoms with Crippen LogP contribution in [0.3, 0.4) is 0 Å². The summed E-state index contributed by atoms with van der Waals surface area (Å²) in [5, 5.41) is 2.88. The second-order valence-corrected chi connectivity index (χ2v) is 8.89. The quantitative estimate of drug-likeness (QED) is 0.624. The maximum absolute atomic E-state index is 14.4. The highest BCUT2D eigenvalue weighted by Crippen LogP contribution is 2.37. The second-order valence-electron chi connectivity index (χ2n) is 8.05. The van der Waals surface area contributed by atoms with Gasteiger partial charge in [-0.1, -0.05) is 17.8 Å². The van der Waals surface area contributed by atoms with E-state index in [9.17, 15) is 18.4 Å². The number of halogens is 2. The first-order chi connectivity index (χ1) is 14.9. The molecule has 1 fully saturated rings. The number of esters is 1. The van der Waals surface area contributed by atoms with Crippen LogP contribution in [0.5, 0.6) is 0 Å². The Balaban J connectivity index is 1.52. The largest absolute Gasteiger partial charge is 0.466 e. The van der Waals surface area contributed by atoms with Crippen LogP contribution < -0.4 is 0 Å². The number of fused-ring (bicyclic) bond motifs is 1. The molecular formula is C22H25F2N3O3S. The van der Waals surface area contributed by atoms with Crippen LogP contribution in [0.2, 0.25) is 0 Å². The smallest absolute Gasteiger partial charge is 0.314 e. The molecule has 6 nitrogen and oxygen atoms in total. The van der Waals surface area contributed by atoms with E-state index in [1.54, 1.807) is 11.8 Å². The summed E-state index contributed by atoms with van der Waals surface area (Å²) >= 11 is 1.52. The van der Waals surface area contributed by atoms with E-state index in [0.717, 1.165) is 30.0 Å². The fourth-order valence-corrected chi connectivity index (χ4v) is 5.38. The minimum Gasteiger partial charge on any atom is -0.466 e. The zero-order valence-corrected chi connectivity index (χ0v) is 18.2. The Kier molecular flexibility index (Phi) is 6.31. The minimum atomic E-state index is -1.05. The van der Waals surface area contributed by atoms with Crippen LogP contribution in [-0.2, 0) is 20.7 Å². The number of rotatable bonds is 6. The predicted molar refractivity (Wildman–Crippen MR) is 114 cm³/mol. The summed E-state index contributed by atoms with van der Waals surface area (Å²) in [5.41, 5.74) is 0.112. The van der Waals surface area contributed by atoms with E-state index >= 15 is 0 Å². The zero-order valence-electron chi connectivity index (χ0n) is 17.4. The lowest BCUT2D eigenvalue weighted by atomic mass is 9.74. The lowest BCUT2D eigenvalue weighted by molar-refractivity contribution is -0.160. The summed E-state index contributed by atoms with van der Waals surface area (Å²) in [6.45, 7) is 4.11. The van der Waals surface area contributed by atoms with E-state index in [2.05, 4.69) is 9.89 Å². The molecule has 1 amide bonds. The first kappa shape index (κ1) is 21.8. The third kappa shape index (κ3) is 4.46. The molecule has 0 N–H and O–H groups in total. The molecular weight excluding hydrogens is 424 g/mol. The minimum absolute atomic E-state index is 0.0587. The Labute approximate surface area is 184 Å². The summed E-state index contributed by atoms with van der Waals surface area (Å²) < 4.78 is 33.1. The fourth-order valence-electron chi connectivity index (χ4n) is 4.42. The number of benzene rings is 1. The molecule has 9 heteroatoms. The molecule has 4 rings (SSSR count). The topological polar surface area (TPSA) is 62.2 Å². The highest BCUT2D eigenvalue weighted by Gasteiger charge is 2.45. The fraction of sp³-hybridized carbons (Fsp3) is 0.500. The van der Waals surface area contributed by atoms with Gasteiger partial charge in [0.15, 0.2) is 5.17 Å². The third-order valence-electron chi connectivity index (χ3n) is 5.96. The molecule has 1 aromatic rings. The number of carbonyl (C=O) groups is 2. The molecule has 0 radical (unpaired) electrons. The van der Waals surface area contributed by atoms with Crippen molar-refractivity contribution < 1.29 is 23.1 Å². The normalized spacial score (nSPS) is 22.8. The van der Waals surface area contributed by atoms with Gasteiger partial charge in [-0.25, -0.2) is 8.78 Å². The van der Waals surface area contributed by atoms with Gasteiger partial charge in [-0.3, -0.25) is 14.6 Å². The summed E-state index contributed by atoms with van der Waals surface area (Å²) in [7, 11) is 0. The van der Waals surface area contributed by atoms with Crippen molar-refractivity contribution in [2.45, 2.75) is 32.6 Å². The number of ether oxygens (including phenoxy) is 1. The molecule has 31 heavy (non-hydrogen) atoms. The maximum Gasteiger partial charge on any atom is 0.314 e. The number of carbonyl (C=O) groups excluding carboxylic acids is 2. The van der Waals surface area contributed by atoms with Crippen LogP contribution in [0.25, 0.3) is 0 Å². The van der Waals surface area contributed by atoms with Crippen LogP contribution >= 0.6 is 11.8 Å². The number of amidine groups is 1. The van der Waals surface area contributed by atoms with E-state index in [-0.39, 0.29) is 37.5 Å². The van der Waals surface area contributed by atoms with Crippen molar-refractivity contribution in [3.05, 3.63) is 46.5 Å². The third-order valence-corrected chi connectivity index (χ3v) is 6.91. The number of aliphatic imine (C=N–C) groups is 1. The Bertz CT molecular complexity index is 952. The number of hydrogen-bond acceptors (Lipinski definition) is 6. The molecule has 1 atom stereocenters. The Morgan fingerprint density at radius 2 is 2.13 bits per heavy atom. The Morgan fingerprint density at radius 1 is 1.29 bits per heavy atom. The number of amides is 1. The number of likely N-dealkylation sites (tertiary alicyclic amines) is 1. The number of thioether (sulfide) groups is 1. The highest BCUT2D eigenvalue weighted by atomic mass is 32.2. The summed E-state index contributed by atoms with van der Waals surface area (Å²) in [6, 6.07) is 3.36. The van der Waals surface area contributed by atoms with Crippen LogP contribution in [0.4, 0.5) is 8.78 Å². The highest BCUT2D eigenvalue weighted by molar-refractivity contribution is 8.16. The second kappa shape index (κ2) is 8.98. The van der Waals surface area contributed by atoms with Gasteiger partial charge in [-0.05, 0) is 43.2 Å². The van der Waals surface area contributed by atoms with E-state index in [4.69, 9.17) is 4.74 Å². The molecule has 0 aromatic heterocycles. The summed E-state index contributed by atoms with van der Waals surface area (Å²) in [4.78, 5) is 34.2. The van der Waals surface area contributed by atoms with Gasteiger partial charge >= 0.3 is 5.97 Å². The monoisotopic (exact) mass is 449 g/mol. The average Bonchev–Trinajstić information content (AvgIpc) is 3.36. The Hall–Kier alpha value is -2.42. The first-order valence-corrected chi connectivity index (χ1v) is 11.4. The van der Waals surface area contributed by atoms with Gasteiger partial charge in [-0.2, -0.15) is 0 Å². The van der Waals surface area contributed by atoms with E-state index < -0.39 is 23.0 Å². The molecule has 1 saturated heterocycles. The molecule has 3 aliphatic heterocycles. The van der Waals surface area contributed by atoms with Crippen LogP contribution in [0.1, 0.15) is 31.7 Å². The van der Waals surface area contributed by atoms with Gasteiger partial charge in [0, 0.05) is 31.4 Å². The summed E-state index contributed by atoms with van der Waals surface area (Å²) in [6.07, 6.45) is 1.38. The molecule has 0 unspecified atom stereocenters. The maximum atomic E-state index is 14.4. The van der Waals surface area contributed by atoms with Crippen molar-refractivity contribution in [2.75, 3.05) is 32.8 Å². The number of nitrogens with zero attached hydrogens (tertiary/aromatic N) is 3. The van der Waals surface area contributed by atoms with Crippen molar-refractivity contribution >= 4 is 28.8 Å². The molecule has 1 aromatic carbocycles. The van der Waals surface area contributed by atoms with Gasteiger partial charge in [0.05, 0.1) is 25.0 Å². The first-order valence-electron chi connectivity index (χ1n) is 10.5. The van der Waals surface area contributed by atoms with Crippen molar-refractivity contribution in [1.82, 2.24) is 9.80 Å². The van der Waals surface area contributed by atoms with Crippen molar-refractivity contribution in [3.63, 3.8) is 0 Å². The van der Waals surface area contributed by atoms with E-state index in [0.29, 0.717) is 19.4 Å². The van der Waals surface area contributed by atoms with E-state index in [1.807, 2.05) is 5.41 Å². The molecule has 166 valence electrons. The zero-order chi connectivity index (χ0) is 22.0. The van der Waals surface area contributed by atoms with Crippen LogP contribution in [-0.4, -0.2) is 59.6 Å². The lowest BCUT2D eigenvalue weighted by Crippen LogP contribution is -2.52. The molecule has 3 heterocycles. The standard InChI is InChI=1S/C22H25F2N3O3S/c1-2-30-20(29)22(12-15-4-5-16(23)10-18(15)24)6-3-8-26(14-22)19(28)11-17-13-31-21-25-7-9-27(17)21/h4-5,10,13H,2-3,6-9,11-12,14H2,1H3/t22-/m0/s1.